The van der Waals surface area contributed by atoms with Gasteiger partial charge in [-0.3, -0.25) is 14.4 Å². The van der Waals surface area contributed by atoms with Gasteiger partial charge in [0.25, 0.3) is 0 Å². The van der Waals surface area contributed by atoms with Crippen LogP contribution in [0.5, 0.6) is 0 Å². The monoisotopic (exact) mass is 352 g/mol. The van der Waals surface area contributed by atoms with E-state index in [1.807, 2.05) is 30.3 Å². The molecule has 0 bridgehead atoms. The van der Waals surface area contributed by atoms with Gasteiger partial charge in [0.2, 0.25) is 0 Å². The zero-order valence-electron chi connectivity index (χ0n) is 14.9. The second kappa shape index (κ2) is 9.78. The smallest absolute Gasteiger partial charge is 0.303 e. The van der Waals surface area contributed by atoms with Crippen molar-refractivity contribution in [1.29, 1.82) is 0 Å². The molecule has 1 rings (SSSR count). The summed E-state index contributed by atoms with van der Waals surface area (Å²) < 4.78 is 21.1. The molecule has 2 atom stereocenters. The summed E-state index contributed by atoms with van der Waals surface area (Å²) in [6.45, 7) is 5.24. The number of ether oxygens (including phenoxy) is 4. The Balaban J connectivity index is 2.83. The van der Waals surface area contributed by atoms with Crippen LogP contribution in [0.25, 0.3) is 0 Å². The molecule has 0 N–H and O–H groups in total. The van der Waals surface area contributed by atoms with Gasteiger partial charge in [0, 0.05) is 20.8 Å². The summed E-state index contributed by atoms with van der Waals surface area (Å²) in [5, 5.41) is 0. The Labute approximate surface area is 147 Å². The molecule has 1 aromatic rings. The normalized spacial score (nSPS) is 14.1. The number of esters is 3. The molecule has 0 aliphatic carbocycles. The van der Waals surface area contributed by atoms with E-state index in [1.54, 1.807) is 0 Å². The van der Waals surface area contributed by atoms with Crippen LogP contribution in [0.2, 0.25) is 0 Å². The summed E-state index contributed by atoms with van der Waals surface area (Å²) >= 11 is 0. The fourth-order valence-corrected chi connectivity index (χ4v) is 2.15. The van der Waals surface area contributed by atoms with Crippen LogP contribution in [-0.2, 0) is 39.9 Å². The van der Waals surface area contributed by atoms with Crippen molar-refractivity contribution in [3.63, 3.8) is 0 Å². The predicted octanol–water partition coefficient (Wildman–Crippen LogP) is 2.02. The summed E-state index contributed by atoms with van der Waals surface area (Å²) in [5.74, 6) is -1.69. The summed E-state index contributed by atoms with van der Waals surface area (Å²) in [6.07, 6.45) is -0.933. The molecular weight excluding hydrogens is 328 g/mol. The van der Waals surface area contributed by atoms with E-state index in [1.165, 1.54) is 27.7 Å². The minimum atomic E-state index is -1.36. The van der Waals surface area contributed by atoms with Crippen molar-refractivity contribution in [2.75, 3.05) is 13.2 Å². The van der Waals surface area contributed by atoms with E-state index < -0.39 is 29.6 Å². The minimum Gasteiger partial charge on any atom is -0.461 e. The lowest BCUT2D eigenvalue weighted by Gasteiger charge is -2.35. The Morgan fingerprint density at radius 2 is 1.64 bits per heavy atom. The van der Waals surface area contributed by atoms with Crippen LogP contribution in [0.1, 0.15) is 33.3 Å². The van der Waals surface area contributed by atoms with Crippen LogP contribution in [0.15, 0.2) is 30.3 Å². The summed E-state index contributed by atoms with van der Waals surface area (Å²) in [5.41, 5.74) is -0.418. The van der Waals surface area contributed by atoms with Crippen LogP contribution in [0.4, 0.5) is 0 Å². The topological polar surface area (TPSA) is 88.1 Å². The number of hydrogen-bond acceptors (Lipinski definition) is 7. The summed E-state index contributed by atoms with van der Waals surface area (Å²) in [6, 6.07) is 9.44. The largest absolute Gasteiger partial charge is 0.461 e. The molecule has 1 aromatic carbocycles. The molecule has 25 heavy (non-hydrogen) atoms. The van der Waals surface area contributed by atoms with Gasteiger partial charge in [0.05, 0.1) is 13.2 Å². The van der Waals surface area contributed by atoms with Gasteiger partial charge in [-0.1, -0.05) is 30.3 Å². The van der Waals surface area contributed by atoms with E-state index in [0.717, 1.165) is 5.56 Å². The quantitative estimate of drug-likeness (QED) is 0.496. The van der Waals surface area contributed by atoms with E-state index in [4.69, 9.17) is 18.9 Å². The van der Waals surface area contributed by atoms with Crippen molar-refractivity contribution in [3.05, 3.63) is 35.9 Å². The Hall–Kier alpha value is -2.41. The number of rotatable bonds is 9. The molecule has 138 valence electrons. The highest BCUT2D eigenvalue weighted by Gasteiger charge is 2.41. The van der Waals surface area contributed by atoms with Crippen LogP contribution in [-0.4, -0.2) is 42.8 Å². The van der Waals surface area contributed by atoms with Crippen molar-refractivity contribution in [1.82, 2.24) is 0 Å². The Bertz CT molecular complexity index is 584. The number of carbonyl (C=O) groups excluding carboxylic acids is 3. The molecule has 7 nitrogen and oxygen atoms in total. The van der Waals surface area contributed by atoms with Crippen molar-refractivity contribution in [2.24, 2.45) is 0 Å². The maximum atomic E-state index is 11.4. The molecule has 0 spiro atoms. The van der Waals surface area contributed by atoms with E-state index >= 15 is 0 Å². The fraction of sp³-hybridized carbons (Fsp3) is 0.500. The lowest BCUT2D eigenvalue weighted by molar-refractivity contribution is -0.199. The Morgan fingerprint density at radius 3 is 2.16 bits per heavy atom. The van der Waals surface area contributed by atoms with Gasteiger partial charge in [-0.25, -0.2) is 0 Å². The van der Waals surface area contributed by atoms with Crippen LogP contribution < -0.4 is 0 Å². The maximum Gasteiger partial charge on any atom is 0.303 e. The highest BCUT2D eigenvalue weighted by atomic mass is 16.6. The van der Waals surface area contributed by atoms with Gasteiger partial charge in [-0.15, -0.1) is 0 Å². The lowest BCUT2D eigenvalue weighted by atomic mass is 10.00. The van der Waals surface area contributed by atoms with Crippen LogP contribution in [0, 0.1) is 0 Å². The first-order valence-electron chi connectivity index (χ1n) is 7.85. The molecule has 0 aliphatic heterocycles. The standard InChI is InChI=1S/C18H24O7/c1-13(19)23-12-18(4,25-15(3)21)17(24-14(2)20)11-22-10-16-8-6-5-7-9-16/h5-9,17H,10-12H2,1-4H3/t17-,18+/m1/s1. The van der Waals surface area contributed by atoms with Crippen molar-refractivity contribution < 1.29 is 33.3 Å². The van der Waals surface area contributed by atoms with Gasteiger partial charge in [0.1, 0.15) is 6.61 Å². The fourth-order valence-electron chi connectivity index (χ4n) is 2.15. The van der Waals surface area contributed by atoms with Gasteiger partial charge in [0.15, 0.2) is 11.7 Å². The lowest BCUT2D eigenvalue weighted by Crippen LogP contribution is -2.51. The second-order valence-corrected chi connectivity index (χ2v) is 5.79. The van der Waals surface area contributed by atoms with E-state index in [-0.39, 0.29) is 13.2 Å². The molecule has 0 amide bonds. The van der Waals surface area contributed by atoms with Gasteiger partial charge in [-0.2, -0.15) is 0 Å². The molecular formula is C18H24O7. The van der Waals surface area contributed by atoms with Crippen LogP contribution in [0.3, 0.4) is 0 Å². The molecule has 0 saturated heterocycles. The highest BCUT2D eigenvalue weighted by Crippen LogP contribution is 2.22. The second-order valence-electron chi connectivity index (χ2n) is 5.79. The van der Waals surface area contributed by atoms with Crippen molar-refractivity contribution in [3.8, 4) is 0 Å². The van der Waals surface area contributed by atoms with Crippen molar-refractivity contribution >= 4 is 17.9 Å². The van der Waals surface area contributed by atoms with Gasteiger partial charge < -0.3 is 18.9 Å². The number of hydrogen-bond donors (Lipinski definition) is 0. The molecule has 0 fully saturated rings. The molecule has 0 aromatic heterocycles. The third-order valence-electron chi connectivity index (χ3n) is 3.31. The first-order chi connectivity index (χ1) is 11.7. The first-order valence-corrected chi connectivity index (χ1v) is 7.85. The Kier molecular flexibility index (Phi) is 8.07. The van der Waals surface area contributed by atoms with E-state index in [0.29, 0.717) is 6.61 Å². The maximum absolute atomic E-state index is 11.4. The number of carbonyl (C=O) groups is 3. The van der Waals surface area contributed by atoms with Gasteiger partial charge >= 0.3 is 17.9 Å². The van der Waals surface area contributed by atoms with Gasteiger partial charge in [-0.05, 0) is 12.5 Å². The molecule has 0 saturated carbocycles. The van der Waals surface area contributed by atoms with E-state index in [9.17, 15) is 14.4 Å². The first kappa shape index (κ1) is 20.6. The van der Waals surface area contributed by atoms with Crippen molar-refractivity contribution in [2.45, 2.75) is 46.0 Å². The average molecular weight is 352 g/mol. The summed E-state index contributed by atoms with van der Waals surface area (Å²) in [7, 11) is 0. The van der Waals surface area contributed by atoms with E-state index in [2.05, 4.69) is 0 Å². The number of benzene rings is 1. The van der Waals surface area contributed by atoms with Crippen LogP contribution >= 0.6 is 0 Å². The highest BCUT2D eigenvalue weighted by molar-refractivity contribution is 5.68. The molecule has 7 heteroatoms. The molecule has 0 aliphatic rings. The average Bonchev–Trinajstić information content (AvgIpc) is 2.52. The molecule has 0 radical (unpaired) electrons. The molecule has 0 unspecified atom stereocenters. The zero-order chi connectivity index (χ0) is 18.9. The SMILES string of the molecule is CC(=O)OC[C@](C)(OC(C)=O)[C@@H](COCc1ccccc1)OC(C)=O. The minimum absolute atomic E-state index is 0.0283. The molecule has 0 heterocycles. The third kappa shape index (κ3) is 7.80. The summed E-state index contributed by atoms with van der Waals surface area (Å²) in [4.78, 5) is 34.0. The Morgan fingerprint density at radius 1 is 1.00 bits per heavy atom. The predicted molar refractivity (Wildman–Crippen MR) is 88.5 cm³/mol. The third-order valence-corrected chi connectivity index (χ3v) is 3.31. The zero-order valence-corrected chi connectivity index (χ0v) is 14.9.